The summed E-state index contributed by atoms with van der Waals surface area (Å²) in [6, 6.07) is 7.29. The van der Waals surface area contributed by atoms with E-state index in [2.05, 4.69) is 30.4 Å². The van der Waals surface area contributed by atoms with Crippen LogP contribution >= 0.6 is 0 Å². The summed E-state index contributed by atoms with van der Waals surface area (Å²) in [5, 5.41) is 0. The van der Waals surface area contributed by atoms with Gasteiger partial charge in [0.05, 0.1) is 19.3 Å². The van der Waals surface area contributed by atoms with Crippen LogP contribution in [-0.2, 0) is 16.1 Å². The van der Waals surface area contributed by atoms with Crippen molar-refractivity contribution in [2.45, 2.75) is 33.6 Å². The van der Waals surface area contributed by atoms with E-state index in [1.165, 1.54) is 7.11 Å². The molecule has 0 saturated heterocycles. The lowest BCUT2D eigenvalue weighted by atomic mass is 10.1. The second kappa shape index (κ2) is 7.92. The molecule has 4 heteroatoms. The number of benzene rings is 1. The molecule has 19 heavy (non-hydrogen) atoms. The molecule has 4 nitrogen and oxygen atoms in total. The molecule has 0 bridgehead atoms. The zero-order valence-electron chi connectivity index (χ0n) is 12.2. The Morgan fingerprint density at radius 3 is 2.26 bits per heavy atom. The zero-order valence-corrected chi connectivity index (χ0v) is 12.2. The van der Waals surface area contributed by atoms with Crippen molar-refractivity contribution in [1.29, 1.82) is 0 Å². The normalized spacial score (nSPS) is 12.5. The lowest BCUT2D eigenvalue weighted by Gasteiger charge is -2.26. The van der Waals surface area contributed by atoms with Gasteiger partial charge in [-0.1, -0.05) is 26.0 Å². The van der Waals surface area contributed by atoms with Gasteiger partial charge in [0.2, 0.25) is 0 Å². The molecule has 0 fully saturated rings. The second-order valence-electron chi connectivity index (χ2n) is 4.32. The van der Waals surface area contributed by atoms with Crippen LogP contribution in [0.5, 0.6) is 0 Å². The van der Waals surface area contributed by atoms with Gasteiger partial charge in [-0.3, -0.25) is 4.90 Å². The molecule has 1 atom stereocenters. The molecule has 0 spiro atoms. The molecule has 1 aromatic carbocycles. The van der Waals surface area contributed by atoms with Gasteiger partial charge in [-0.2, -0.15) is 0 Å². The summed E-state index contributed by atoms with van der Waals surface area (Å²) in [6.07, 6.45) is 0.0929. The van der Waals surface area contributed by atoms with Crippen molar-refractivity contribution in [1.82, 2.24) is 4.90 Å². The van der Waals surface area contributed by atoms with Crippen LogP contribution in [0, 0.1) is 0 Å². The van der Waals surface area contributed by atoms with E-state index in [0.717, 1.165) is 18.7 Å². The monoisotopic (exact) mass is 265 g/mol. The number of esters is 1. The summed E-state index contributed by atoms with van der Waals surface area (Å²) < 4.78 is 10.5. The number of hydrogen-bond donors (Lipinski definition) is 0. The summed E-state index contributed by atoms with van der Waals surface area (Å²) in [5.41, 5.74) is 1.61. The summed E-state index contributed by atoms with van der Waals surface area (Å²) in [6.45, 7) is 8.77. The zero-order chi connectivity index (χ0) is 14.3. The van der Waals surface area contributed by atoms with Gasteiger partial charge in [-0.15, -0.1) is 0 Å². The van der Waals surface area contributed by atoms with E-state index in [-0.39, 0.29) is 12.2 Å². The summed E-state index contributed by atoms with van der Waals surface area (Å²) in [4.78, 5) is 13.5. The molecular formula is C15H23NO3. The first kappa shape index (κ1) is 15.7. The topological polar surface area (TPSA) is 38.8 Å². The van der Waals surface area contributed by atoms with Gasteiger partial charge < -0.3 is 9.47 Å². The molecule has 0 aliphatic carbocycles. The number of carbonyl (C=O) groups excluding carboxylic acids is 1. The first-order valence-corrected chi connectivity index (χ1v) is 6.65. The minimum Gasteiger partial charge on any atom is -0.465 e. The fourth-order valence-corrected chi connectivity index (χ4v) is 1.91. The molecule has 0 N–H and O–H groups in total. The van der Waals surface area contributed by atoms with Crippen molar-refractivity contribution < 1.29 is 14.3 Å². The Labute approximate surface area is 115 Å². The Balaban J connectivity index is 2.52. The van der Waals surface area contributed by atoms with E-state index in [1.54, 1.807) is 12.1 Å². The molecular weight excluding hydrogens is 242 g/mol. The predicted octanol–water partition coefficient (Wildman–Crippen LogP) is 2.68. The highest BCUT2D eigenvalue weighted by atomic mass is 16.5. The van der Waals surface area contributed by atoms with Crippen molar-refractivity contribution in [3.05, 3.63) is 35.4 Å². The molecule has 0 aromatic heterocycles. The van der Waals surface area contributed by atoms with Crippen molar-refractivity contribution in [3.8, 4) is 0 Å². The van der Waals surface area contributed by atoms with Crippen LogP contribution in [0.15, 0.2) is 24.3 Å². The highest BCUT2D eigenvalue weighted by molar-refractivity contribution is 5.89. The maximum atomic E-state index is 11.3. The summed E-state index contributed by atoms with van der Waals surface area (Å²) in [5.74, 6) is -0.316. The van der Waals surface area contributed by atoms with Crippen LogP contribution in [-0.4, -0.2) is 37.3 Å². The molecule has 0 amide bonds. The van der Waals surface area contributed by atoms with Crippen LogP contribution in [0.3, 0.4) is 0 Å². The molecule has 1 unspecified atom stereocenters. The quantitative estimate of drug-likeness (QED) is 0.561. The second-order valence-corrected chi connectivity index (χ2v) is 4.32. The number of nitrogens with zero attached hydrogens (tertiary/aromatic N) is 1. The SMILES string of the molecule is CCN(CC)C(C)OCc1ccc(C(=O)OC)cc1. The van der Waals surface area contributed by atoms with Crippen molar-refractivity contribution in [2.24, 2.45) is 0 Å². The molecule has 0 aliphatic rings. The fourth-order valence-electron chi connectivity index (χ4n) is 1.91. The predicted molar refractivity (Wildman–Crippen MR) is 75.0 cm³/mol. The van der Waals surface area contributed by atoms with E-state index < -0.39 is 0 Å². The molecule has 0 radical (unpaired) electrons. The number of carbonyl (C=O) groups is 1. The summed E-state index contributed by atoms with van der Waals surface area (Å²) in [7, 11) is 1.38. The highest BCUT2D eigenvalue weighted by Gasteiger charge is 2.10. The Hall–Kier alpha value is -1.39. The smallest absolute Gasteiger partial charge is 0.337 e. The third-order valence-corrected chi connectivity index (χ3v) is 3.19. The van der Waals surface area contributed by atoms with E-state index in [1.807, 2.05) is 12.1 Å². The molecule has 0 heterocycles. The molecule has 1 aromatic rings. The molecule has 1 rings (SSSR count). The van der Waals surface area contributed by atoms with Crippen molar-refractivity contribution in [3.63, 3.8) is 0 Å². The highest BCUT2D eigenvalue weighted by Crippen LogP contribution is 2.09. The van der Waals surface area contributed by atoms with E-state index in [9.17, 15) is 4.79 Å². The third kappa shape index (κ3) is 4.65. The van der Waals surface area contributed by atoms with Crippen LogP contribution < -0.4 is 0 Å². The van der Waals surface area contributed by atoms with Gasteiger partial charge in [0.1, 0.15) is 6.23 Å². The van der Waals surface area contributed by atoms with Gasteiger partial charge >= 0.3 is 5.97 Å². The third-order valence-electron chi connectivity index (χ3n) is 3.19. The summed E-state index contributed by atoms with van der Waals surface area (Å²) >= 11 is 0. The standard InChI is InChI=1S/C15H23NO3/c1-5-16(6-2)12(3)19-11-13-7-9-14(10-8-13)15(17)18-4/h7-10,12H,5-6,11H2,1-4H3. The number of ether oxygens (including phenoxy) is 2. The molecule has 106 valence electrons. The van der Waals surface area contributed by atoms with E-state index in [0.29, 0.717) is 12.2 Å². The molecule has 0 saturated carbocycles. The molecule has 0 aliphatic heterocycles. The Morgan fingerprint density at radius 2 is 1.79 bits per heavy atom. The Bertz CT molecular complexity index is 385. The van der Waals surface area contributed by atoms with Crippen LogP contribution in [0.25, 0.3) is 0 Å². The average Bonchev–Trinajstić information content (AvgIpc) is 2.46. The average molecular weight is 265 g/mol. The van der Waals surface area contributed by atoms with Crippen molar-refractivity contribution in [2.75, 3.05) is 20.2 Å². The maximum Gasteiger partial charge on any atom is 0.337 e. The number of methoxy groups -OCH3 is 1. The first-order valence-electron chi connectivity index (χ1n) is 6.65. The van der Waals surface area contributed by atoms with Gasteiger partial charge in [-0.25, -0.2) is 4.79 Å². The lowest BCUT2D eigenvalue weighted by molar-refractivity contribution is -0.0521. The van der Waals surface area contributed by atoms with Gasteiger partial charge in [0.25, 0.3) is 0 Å². The minimum atomic E-state index is -0.316. The van der Waals surface area contributed by atoms with Crippen LogP contribution in [0.4, 0.5) is 0 Å². The van der Waals surface area contributed by atoms with Crippen LogP contribution in [0.2, 0.25) is 0 Å². The maximum absolute atomic E-state index is 11.3. The Morgan fingerprint density at radius 1 is 1.21 bits per heavy atom. The van der Waals surface area contributed by atoms with E-state index in [4.69, 9.17) is 4.74 Å². The van der Waals surface area contributed by atoms with Gasteiger partial charge in [0, 0.05) is 0 Å². The number of hydrogen-bond acceptors (Lipinski definition) is 4. The van der Waals surface area contributed by atoms with Crippen molar-refractivity contribution >= 4 is 5.97 Å². The first-order chi connectivity index (χ1) is 9.12. The number of rotatable bonds is 7. The minimum absolute atomic E-state index is 0.0929. The van der Waals surface area contributed by atoms with Gasteiger partial charge in [0.15, 0.2) is 0 Å². The Kier molecular flexibility index (Phi) is 6.53. The largest absolute Gasteiger partial charge is 0.465 e. The lowest BCUT2D eigenvalue weighted by Crippen LogP contribution is -2.34. The van der Waals surface area contributed by atoms with Crippen LogP contribution in [0.1, 0.15) is 36.7 Å². The van der Waals surface area contributed by atoms with E-state index >= 15 is 0 Å². The fraction of sp³-hybridized carbons (Fsp3) is 0.533. The van der Waals surface area contributed by atoms with Gasteiger partial charge in [-0.05, 0) is 37.7 Å².